The van der Waals surface area contributed by atoms with Gasteiger partial charge in [-0.05, 0) is 6.42 Å². The second-order valence-corrected chi connectivity index (χ2v) is 2.41. The smallest absolute Gasteiger partial charge is 0.210 e. The molecule has 0 atom stereocenters. The van der Waals surface area contributed by atoms with Gasteiger partial charge in [0.25, 0.3) is 5.92 Å². The Morgan fingerprint density at radius 1 is 1.27 bits per heavy atom. The van der Waals surface area contributed by atoms with Crippen LogP contribution >= 0.6 is 0 Å². The van der Waals surface area contributed by atoms with Gasteiger partial charge in [0.15, 0.2) is 0 Å². The third-order valence-corrected chi connectivity index (χ3v) is 1.25. The molecule has 0 aromatic carbocycles. The molecule has 0 aliphatic rings. The van der Waals surface area contributed by atoms with Crippen LogP contribution in [0, 0.1) is 6.92 Å². The average Bonchev–Trinajstić information content (AvgIpc) is 1.81. The Kier molecular flexibility index (Phi) is 4.45. The molecule has 67 valence electrons. The number of hydrogen-bond donors (Lipinski definition) is 0. The van der Waals surface area contributed by atoms with Crippen LogP contribution < -0.4 is 0 Å². The van der Waals surface area contributed by atoms with Crippen molar-refractivity contribution in [2.24, 2.45) is 0 Å². The summed E-state index contributed by atoms with van der Waals surface area (Å²) in [7, 11) is 0. The van der Waals surface area contributed by atoms with Crippen LogP contribution in [0.4, 0.5) is 17.6 Å². The van der Waals surface area contributed by atoms with Crippen LogP contribution in [-0.2, 0) is 0 Å². The third kappa shape index (κ3) is 6.13. The average molecular weight is 171 g/mol. The molecule has 0 heterocycles. The maximum Gasteiger partial charge on any atom is 0.253 e. The van der Waals surface area contributed by atoms with E-state index in [4.69, 9.17) is 0 Å². The van der Waals surface area contributed by atoms with Crippen molar-refractivity contribution >= 4 is 0 Å². The highest BCUT2D eigenvalue weighted by molar-refractivity contribution is 4.67. The molecule has 0 amide bonds. The number of alkyl halides is 4. The number of hydrogen-bond acceptors (Lipinski definition) is 0. The summed E-state index contributed by atoms with van der Waals surface area (Å²) < 4.78 is 47.6. The van der Waals surface area contributed by atoms with Crippen molar-refractivity contribution in [1.82, 2.24) is 0 Å². The van der Waals surface area contributed by atoms with Crippen LogP contribution in [0.2, 0.25) is 0 Å². The van der Waals surface area contributed by atoms with Crippen molar-refractivity contribution < 1.29 is 17.6 Å². The molecule has 0 saturated heterocycles. The highest BCUT2D eigenvalue weighted by atomic mass is 19.3. The zero-order valence-corrected chi connectivity index (χ0v) is 6.12. The van der Waals surface area contributed by atoms with Gasteiger partial charge < -0.3 is 0 Å². The lowest BCUT2D eigenvalue weighted by molar-refractivity contribution is -0.0607. The van der Waals surface area contributed by atoms with Crippen LogP contribution in [0.15, 0.2) is 0 Å². The first-order valence-corrected chi connectivity index (χ1v) is 3.43. The molecule has 0 spiro atoms. The third-order valence-electron chi connectivity index (χ3n) is 1.25. The largest absolute Gasteiger partial charge is 0.253 e. The van der Waals surface area contributed by atoms with Crippen LogP contribution in [0.1, 0.15) is 25.7 Å². The summed E-state index contributed by atoms with van der Waals surface area (Å²) >= 11 is 0. The fourth-order valence-electron chi connectivity index (χ4n) is 0.711. The second-order valence-electron chi connectivity index (χ2n) is 2.41. The zero-order chi connectivity index (χ0) is 8.91. The van der Waals surface area contributed by atoms with Crippen molar-refractivity contribution in [1.29, 1.82) is 0 Å². The van der Waals surface area contributed by atoms with E-state index in [-0.39, 0.29) is 6.42 Å². The fraction of sp³-hybridized carbons (Fsp3) is 0.857. The van der Waals surface area contributed by atoms with E-state index in [1.807, 2.05) is 0 Å². The summed E-state index contributed by atoms with van der Waals surface area (Å²) in [5, 5.41) is 0. The molecule has 0 aromatic heterocycles. The SMILES string of the molecule is [CH2]CCCC(F)(F)CC(F)F. The number of halogens is 4. The van der Waals surface area contributed by atoms with E-state index in [0.29, 0.717) is 6.42 Å². The van der Waals surface area contributed by atoms with Gasteiger partial charge in [0.05, 0.1) is 6.42 Å². The minimum absolute atomic E-state index is 0.194. The zero-order valence-electron chi connectivity index (χ0n) is 6.12. The molecule has 0 aromatic rings. The molecule has 0 aliphatic carbocycles. The minimum atomic E-state index is -3.22. The van der Waals surface area contributed by atoms with Crippen LogP contribution in [0.5, 0.6) is 0 Å². The van der Waals surface area contributed by atoms with E-state index < -0.39 is 25.2 Å². The van der Waals surface area contributed by atoms with Gasteiger partial charge in [-0.1, -0.05) is 13.3 Å². The normalized spacial score (nSPS) is 12.5. The van der Waals surface area contributed by atoms with Gasteiger partial charge in [-0.15, -0.1) is 0 Å². The van der Waals surface area contributed by atoms with Crippen LogP contribution in [-0.4, -0.2) is 12.3 Å². The Balaban J connectivity index is 3.61. The maximum absolute atomic E-state index is 12.4. The van der Waals surface area contributed by atoms with Gasteiger partial charge in [0.1, 0.15) is 0 Å². The first kappa shape index (κ1) is 10.7. The standard InChI is InChI=1S/C7H11F4/c1-2-3-4-7(10,11)5-6(8)9/h6H,1-5H2. The van der Waals surface area contributed by atoms with E-state index in [0.717, 1.165) is 0 Å². The maximum atomic E-state index is 12.4. The lowest BCUT2D eigenvalue weighted by atomic mass is 10.1. The Labute approximate surface area is 63.6 Å². The summed E-state index contributed by atoms with van der Waals surface area (Å²) in [4.78, 5) is 0. The van der Waals surface area contributed by atoms with Crippen LogP contribution in [0.3, 0.4) is 0 Å². The van der Waals surface area contributed by atoms with Gasteiger partial charge in [0, 0.05) is 6.42 Å². The lowest BCUT2D eigenvalue weighted by Gasteiger charge is -2.14. The van der Waals surface area contributed by atoms with Crippen molar-refractivity contribution in [3.63, 3.8) is 0 Å². The van der Waals surface area contributed by atoms with Gasteiger partial charge in [-0.3, -0.25) is 0 Å². The fourth-order valence-corrected chi connectivity index (χ4v) is 0.711. The van der Waals surface area contributed by atoms with Gasteiger partial charge >= 0.3 is 0 Å². The van der Waals surface area contributed by atoms with E-state index in [2.05, 4.69) is 6.92 Å². The lowest BCUT2D eigenvalue weighted by Crippen LogP contribution is -2.19. The van der Waals surface area contributed by atoms with Crippen molar-refractivity contribution in [2.75, 3.05) is 0 Å². The second kappa shape index (κ2) is 4.57. The van der Waals surface area contributed by atoms with Crippen molar-refractivity contribution in [2.45, 2.75) is 38.0 Å². The van der Waals surface area contributed by atoms with Gasteiger partial charge in [-0.2, -0.15) is 0 Å². The minimum Gasteiger partial charge on any atom is -0.210 e. The first-order chi connectivity index (χ1) is 4.98. The highest BCUT2D eigenvalue weighted by Crippen LogP contribution is 2.27. The molecule has 4 heteroatoms. The van der Waals surface area contributed by atoms with E-state index in [1.54, 1.807) is 0 Å². The summed E-state index contributed by atoms with van der Waals surface area (Å²) in [5.74, 6) is -3.22. The molecule has 11 heavy (non-hydrogen) atoms. The topological polar surface area (TPSA) is 0 Å². The summed E-state index contributed by atoms with van der Waals surface area (Å²) in [6.45, 7) is 3.35. The molecule has 1 radical (unpaired) electrons. The van der Waals surface area contributed by atoms with E-state index in [9.17, 15) is 17.6 Å². The predicted molar refractivity (Wildman–Crippen MR) is 34.8 cm³/mol. The summed E-state index contributed by atoms with van der Waals surface area (Å²) in [6, 6.07) is 0. The molecule has 0 nitrogen and oxygen atoms in total. The molecule has 0 N–H and O–H groups in total. The van der Waals surface area contributed by atoms with Gasteiger partial charge in [-0.25, -0.2) is 17.6 Å². The Morgan fingerprint density at radius 3 is 2.18 bits per heavy atom. The molecular weight excluding hydrogens is 160 g/mol. The number of unbranched alkanes of at least 4 members (excludes halogenated alkanes) is 1. The molecular formula is C7H11F4. The highest BCUT2D eigenvalue weighted by Gasteiger charge is 2.31. The first-order valence-electron chi connectivity index (χ1n) is 3.43. The van der Waals surface area contributed by atoms with E-state index in [1.165, 1.54) is 0 Å². The quantitative estimate of drug-likeness (QED) is 0.557. The van der Waals surface area contributed by atoms with Crippen molar-refractivity contribution in [3.05, 3.63) is 6.92 Å². The molecule has 0 bridgehead atoms. The van der Waals surface area contributed by atoms with E-state index >= 15 is 0 Å². The molecule has 0 rings (SSSR count). The van der Waals surface area contributed by atoms with Crippen molar-refractivity contribution in [3.8, 4) is 0 Å². The Hall–Kier alpha value is -0.280. The Morgan fingerprint density at radius 2 is 1.82 bits per heavy atom. The molecule has 0 fully saturated rings. The number of rotatable bonds is 5. The summed E-state index contributed by atoms with van der Waals surface area (Å²) in [5.41, 5.74) is 0. The monoisotopic (exact) mass is 171 g/mol. The predicted octanol–water partition coefficient (Wildman–Crippen LogP) is 3.28. The summed E-state index contributed by atoms with van der Waals surface area (Å²) in [6.07, 6.45) is -4.18. The molecule has 0 saturated carbocycles. The van der Waals surface area contributed by atoms with Crippen LogP contribution in [0.25, 0.3) is 0 Å². The Bertz CT molecular complexity index is 101. The van der Waals surface area contributed by atoms with Gasteiger partial charge in [0.2, 0.25) is 6.43 Å². The molecule has 0 aliphatic heterocycles. The molecule has 0 unspecified atom stereocenters.